The van der Waals surface area contributed by atoms with Gasteiger partial charge in [0.2, 0.25) is 5.91 Å². The van der Waals surface area contributed by atoms with Crippen molar-refractivity contribution < 1.29 is 4.79 Å². The molecule has 0 bridgehead atoms. The molecule has 0 fully saturated rings. The molecule has 0 saturated heterocycles. The molecule has 1 amide bonds. The van der Waals surface area contributed by atoms with E-state index in [1.54, 1.807) is 24.3 Å². The van der Waals surface area contributed by atoms with Gasteiger partial charge in [0.15, 0.2) is 0 Å². The Hall–Kier alpha value is -1.86. The van der Waals surface area contributed by atoms with Gasteiger partial charge in [0, 0.05) is 11.2 Å². The van der Waals surface area contributed by atoms with E-state index < -0.39 is 0 Å². The molecule has 0 atom stereocenters. The Morgan fingerprint density at radius 2 is 2.12 bits per heavy atom. The summed E-state index contributed by atoms with van der Waals surface area (Å²) >= 11 is 0. The van der Waals surface area contributed by atoms with Gasteiger partial charge in [0.05, 0.1) is 18.2 Å². The molecular weight excluding hydrogens is 214 g/mol. The largest absolute Gasteiger partial charge is 0.325 e. The average Bonchev–Trinajstić information content (AvgIpc) is 2.26. The maximum absolute atomic E-state index is 11.6. The Labute approximate surface area is 102 Å². The summed E-state index contributed by atoms with van der Waals surface area (Å²) in [5, 5.41) is 14.6. The van der Waals surface area contributed by atoms with E-state index in [0.29, 0.717) is 11.3 Å². The van der Waals surface area contributed by atoms with Gasteiger partial charge in [-0.2, -0.15) is 5.26 Å². The second-order valence-corrected chi connectivity index (χ2v) is 4.84. The molecule has 0 aliphatic carbocycles. The molecule has 0 radical (unpaired) electrons. The van der Waals surface area contributed by atoms with Crippen molar-refractivity contribution in [3.8, 4) is 6.07 Å². The lowest BCUT2D eigenvalue weighted by Crippen LogP contribution is -2.41. The Morgan fingerprint density at radius 1 is 1.41 bits per heavy atom. The molecule has 4 nitrogen and oxygen atoms in total. The van der Waals surface area contributed by atoms with Crippen LogP contribution in [0.25, 0.3) is 0 Å². The maximum atomic E-state index is 11.6. The van der Waals surface area contributed by atoms with Crippen LogP contribution in [0, 0.1) is 11.3 Å². The van der Waals surface area contributed by atoms with Crippen molar-refractivity contribution >= 4 is 11.6 Å². The SMILES string of the molecule is CC(C)(C)NCC(=O)Nc1cccc(C#N)c1. The average molecular weight is 231 g/mol. The zero-order chi connectivity index (χ0) is 12.9. The topological polar surface area (TPSA) is 64.9 Å². The van der Waals surface area contributed by atoms with Gasteiger partial charge >= 0.3 is 0 Å². The zero-order valence-electron chi connectivity index (χ0n) is 10.4. The minimum absolute atomic E-state index is 0.0914. The van der Waals surface area contributed by atoms with E-state index in [1.807, 2.05) is 26.8 Å². The molecule has 0 aliphatic heterocycles. The number of anilines is 1. The first kappa shape index (κ1) is 13.2. The smallest absolute Gasteiger partial charge is 0.238 e. The predicted molar refractivity (Wildman–Crippen MR) is 67.5 cm³/mol. The van der Waals surface area contributed by atoms with Crippen LogP contribution in [0.3, 0.4) is 0 Å². The predicted octanol–water partition coefficient (Wildman–Crippen LogP) is 1.88. The first-order valence-corrected chi connectivity index (χ1v) is 5.46. The fraction of sp³-hybridized carbons (Fsp3) is 0.385. The van der Waals surface area contributed by atoms with Crippen LogP contribution in [0.15, 0.2) is 24.3 Å². The second-order valence-electron chi connectivity index (χ2n) is 4.84. The van der Waals surface area contributed by atoms with E-state index in [1.165, 1.54) is 0 Å². The van der Waals surface area contributed by atoms with E-state index in [9.17, 15) is 4.79 Å². The Kier molecular flexibility index (Phi) is 4.24. The molecule has 17 heavy (non-hydrogen) atoms. The van der Waals surface area contributed by atoms with E-state index in [-0.39, 0.29) is 18.0 Å². The van der Waals surface area contributed by atoms with Gasteiger partial charge < -0.3 is 10.6 Å². The molecule has 1 aromatic carbocycles. The van der Waals surface area contributed by atoms with Crippen molar-refractivity contribution in [1.82, 2.24) is 5.32 Å². The molecule has 2 N–H and O–H groups in total. The van der Waals surface area contributed by atoms with Crippen LogP contribution < -0.4 is 10.6 Å². The third-order valence-electron chi connectivity index (χ3n) is 2.05. The normalized spacial score (nSPS) is 10.7. The lowest BCUT2D eigenvalue weighted by molar-refractivity contribution is -0.115. The lowest BCUT2D eigenvalue weighted by Gasteiger charge is -2.20. The molecule has 90 valence electrons. The fourth-order valence-corrected chi connectivity index (χ4v) is 1.22. The molecule has 0 spiro atoms. The highest BCUT2D eigenvalue weighted by molar-refractivity contribution is 5.92. The van der Waals surface area contributed by atoms with E-state index in [4.69, 9.17) is 5.26 Å². The van der Waals surface area contributed by atoms with Gasteiger partial charge in [-0.05, 0) is 39.0 Å². The van der Waals surface area contributed by atoms with Crippen LogP contribution in [0.5, 0.6) is 0 Å². The molecular formula is C13H17N3O. The summed E-state index contributed by atoms with van der Waals surface area (Å²) in [5.41, 5.74) is 1.09. The standard InChI is InChI=1S/C13H17N3O/c1-13(2,3)15-9-12(17)16-11-6-4-5-10(7-11)8-14/h4-7,15H,9H2,1-3H3,(H,16,17). The van der Waals surface area contributed by atoms with E-state index in [2.05, 4.69) is 10.6 Å². The van der Waals surface area contributed by atoms with Gasteiger partial charge in [0.1, 0.15) is 0 Å². The van der Waals surface area contributed by atoms with E-state index >= 15 is 0 Å². The fourth-order valence-electron chi connectivity index (χ4n) is 1.22. The van der Waals surface area contributed by atoms with Crippen LogP contribution in [-0.2, 0) is 4.79 Å². The molecule has 0 aliphatic rings. The summed E-state index contributed by atoms with van der Waals surface area (Å²) in [6.07, 6.45) is 0. The Morgan fingerprint density at radius 3 is 2.71 bits per heavy atom. The van der Waals surface area contributed by atoms with Crippen molar-refractivity contribution in [3.63, 3.8) is 0 Å². The summed E-state index contributed by atoms with van der Waals surface area (Å²) in [5.74, 6) is -0.116. The number of carbonyl (C=O) groups is 1. The Balaban J connectivity index is 2.54. The van der Waals surface area contributed by atoms with Gasteiger partial charge in [-0.3, -0.25) is 4.79 Å². The van der Waals surface area contributed by atoms with Crippen LogP contribution in [0.4, 0.5) is 5.69 Å². The molecule has 0 unspecified atom stereocenters. The second kappa shape index (κ2) is 5.46. The third kappa shape index (κ3) is 5.14. The third-order valence-corrected chi connectivity index (χ3v) is 2.05. The van der Waals surface area contributed by atoms with Gasteiger partial charge in [-0.1, -0.05) is 6.07 Å². The monoisotopic (exact) mass is 231 g/mol. The molecule has 0 saturated carbocycles. The lowest BCUT2D eigenvalue weighted by atomic mass is 10.1. The number of nitriles is 1. The first-order chi connectivity index (χ1) is 7.90. The quantitative estimate of drug-likeness (QED) is 0.834. The van der Waals surface area contributed by atoms with Crippen LogP contribution in [0.2, 0.25) is 0 Å². The number of benzene rings is 1. The number of hydrogen-bond donors (Lipinski definition) is 2. The van der Waals surface area contributed by atoms with Crippen LogP contribution in [-0.4, -0.2) is 18.0 Å². The Bertz CT molecular complexity index is 441. The number of nitrogens with one attached hydrogen (secondary N) is 2. The molecule has 1 aromatic rings. The summed E-state index contributed by atoms with van der Waals surface area (Å²) in [6.45, 7) is 6.24. The highest BCUT2D eigenvalue weighted by atomic mass is 16.1. The highest BCUT2D eigenvalue weighted by Gasteiger charge is 2.11. The van der Waals surface area contributed by atoms with Crippen molar-refractivity contribution in [2.75, 3.05) is 11.9 Å². The summed E-state index contributed by atoms with van der Waals surface area (Å²) < 4.78 is 0. The van der Waals surface area contributed by atoms with Crippen molar-refractivity contribution in [2.24, 2.45) is 0 Å². The number of rotatable bonds is 3. The van der Waals surface area contributed by atoms with Crippen molar-refractivity contribution in [2.45, 2.75) is 26.3 Å². The summed E-state index contributed by atoms with van der Waals surface area (Å²) in [4.78, 5) is 11.6. The number of carbonyl (C=O) groups excluding carboxylic acids is 1. The van der Waals surface area contributed by atoms with Crippen molar-refractivity contribution in [3.05, 3.63) is 29.8 Å². The van der Waals surface area contributed by atoms with Crippen LogP contribution >= 0.6 is 0 Å². The van der Waals surface area contributed by atoms with Crippen LogP contribution in [0.1, 0.15) is 26.3 Å². The minimum atomic E-state index is -0.116. The van der Waals surface area contributed by atoms with Gasteiger partial charge in [0.25, 0.3) is 0 Å². The molecule has 0 aromatic heterocycles. The van der Waals surface area contributed by atoms with Gasteiger partial charge in [-0.15, -0.1) is 0 Å². The summed E-state index contributed by atoms with van der Waals surface area (Å²) in [7, 11) is 0. The number of nitrogens with zero attached hydrogens (tertiary/aromatic N) is 1. The molecule has 4 heteroatoms. The summed E-state index contributed by atoms with van der Waals surface area (Å²) in [6, 6.07) is 8.88. The maximum Gasteiger partial charge on any atom is 0.238 e. The minimum Gasteiger partial charge on any atom is -0.325 e. The molecule has 0 heterocycles. The van der Waals surface area contributed by atoms with Gasteiger partial charge in [-0.25, -0.2) is 0 Å². The number of hydrogen-bond acceptors (Lipinski definition) is 3. The molecule has 1 rings (SSSR count). The zero-order valence-corrected chi connectivity index (χ0v) is 10.4. The first-order valence-electron chi connectivity index (χ1n) is 5.46. The number of amides is 1. The van der Waals surface area contributed by atoms with Crippen molar-refractivity contribution in [1.29, 1.82) is 5.26 Å². The van der Waals surface area contributed by atoms with E-state index in [0.717, 1.165) is 0 Å². The highest BCUT2D eigenvalue weighted by Crippen LogP contribution is 2.09.